The Morgan fingerprint density at radius 1 is 1.00 bits per heavy atom. The van der Waals surface area contributed by atoms with Crippen LogP contribution in [-0.2, 0) is 6.42 Å². The number of nitrogens with zero attached hydrogens (tertiary/aromatic N) is 2. The number of ether oxygens (including phenoxy) is 1. The molecule has 4 aromatic rings. The molecule has 0 spiro atoms. The van der Waals surface area contributed by atoms with Gasteiger partial charge in [0.15, 0.2) is 5.78 Å². The molecule has 3 heterocycles. The number of aromatic nitrogens is 1. The Balaban J connectivity index is 1.33. The smallest absolute Gasteiger partial charge is 0.261 e. The number of imide groups is 1. The summed E-state index contributed by atoms with van der Waals surface area (Å²) in [6.07, 6.45) is 0.794. The predicted octanol–water partition coefficient (Wildman–Crippen LogP) is 4.56. The van der Waals surface area contributed by atoms with Crippen molar-refractivity contribution < 1.29 is 19.1 Å². The fourth-order valence-electron chi connectivity index (χ4n) is 5.74. The lowest BCUT2D eigenvalue weighted by atomic mass is 9.91. The van der Waals surface area contributed by atoms with Crippen LogP contribution in [-0.4, -0.2) is 59.1 Å². The molecule has 6 rings (SSSR count). The van der Waals surface area contributed by atoms with Gasteiger partial charge in [-0.2, -0.15) is 0 Å². The van der Waals surface area contributed by atoms with Gasteiger partial charge in [0.05, 0.1) is 30.8 Å². The van der Waals surface area contributed by atoms with Gasteiger partial charge in [0.2, 0.25) is 0 Å². The maximum atomic E-state index is 13.8. The maximum absolute atomic E-state index is 13.8. The van der Waals surface area contributed by atoms with E-state index in [4.69, 9.17) is 4.74 Å². The number of hydrogen-bond donors (Lipinski definition) is 1. The van der Waals surface area contributed by atoms with Gasteiger partial charge in [0, 0.05) is 35.2 Å². The number of Topliss-reactive ketones (excluding diaryl/α,β-unsaturated/α-hetero) is 1. The number of carbonyl (C=O) groups is 3. The second-order valence-electron chi connectivity index (χ2n) is 9.66. The second kappa shape index (κ2) is 9.01. The first-order valence-electron chi connectivity index (χ1n) is 12.4. The quantitative estimate of drug-likeness (QED) is 0.315. The lowest BCUT2D eigenvalue weighted by Gasteiger charge is -2.38. The van der Waals surface area contributed by atoms with Crippen molar-refractivity contribution in [3.8, 4) is 5.75 Å². The van der Waals surface area contributed by atoms with Crippen molar-refractivity contribution >= 4 is 28.5 Å². The SMILES string of the molecule is COc1ccc2[nH]c(C)c(C(=O)CN3CCc4ccccc4[C@H]3CN3C(=O)c4ccccc4C3=O)c2c1. The van der Waals surface area contributed by atoms with Gasteiger partial charge in [0.25, 0.3) is 11.8 Å². The molecule has 1 atom stereocenters. The number of aryl methyl sites for hydroxylation is 1. The summed E-state index contributed by atoms with van der Waals surface area (Å²) in [7, 11) is 1.61. The van der Waals surface area contributed by atoms with Crippen molar-refractivity contribution in [1.29, 1.82) is 0 Å². The second-order valence-corrected chi connectivity index (χ2v) is 9.66. The van der Waals surface area contributed by atoms with Crippen LogP contribution in [0.15, 0.2) is 66.7 Å². The van der Waals surface area contributed by atoms with Crippen molar-refractivity contribution in [2.24, 2.45) is 0 Å². The normalized spacial score (nSPS) is 17.2. The van der Waals surface area contributed by atoms with Gasteiger partial charge in [-0.15, -0.1) is 0 Å². The molecule has 7 nitrogen and oxygen atoms in total. The van der Waals surface area contributed by atoms with Crippen LogP contribution in [0.5, 0.6) is 5.75 Å². The summed E-state index contributed by atoms with van der Waals surface area (Å²) in [5.41, 5.74) is 5.43. The molecule has 0 radical (unpaired) electrons. The van der Waals surface area contributed by atoms with Crippen molar-refractivity contribution in [3.05, 3.63) is 100 Å². The van der Waals surface area contributed by atoms with Gasteiger partial charge in [-0.05, 0) is 54.8 Å². The number of methoxy groups -OCH3 is 1. The Bertz CT molecular complexity index is 1540. The van der Waals surface area contributed by atoms with E-state index in [0.29, 0.717) is 29.0 Å². The summed E-state index contributed by atoms with van der Waals surface area (Å²) in [4.78, 5) is 46.8. The average Bonchev–Trinajstić information content (AvgIpc) is 3.37. The van der Waals surface area contributed by atoms with Crippen LogP contribution in [0.2, 0.25) is 0 Å². The maximum Gasteiger partial charge on any atom is 0.261 e. The summed E-state index contributed by atoms with van der Waals surface area (Å²) < 4.78 is 5.39. The Hall–Kier alpha value is -4.23. The van der Waals surface area contributed by atoms with E-state index >= 15 is 0 Å². The molecule has 1 aromatic heterocycles. The van der Waals surface area contributed by atoms with Crippen LogP contribution in [0.1, 0.15) is 53.9 Å². The molecule has 2 amide bonds. The van der Waals surface area contributed by atoms with Crippen molar-refractivity contribution in [2.75, 3.05) is 26.7 Å². The highest BCUT2D eigenvalue weighted by molar-refractivity contribution is 6.21. The van der Waals surface area contributed by atoms with E-state index in [1.165, 1.54) is 10.5 Å². The number of rotatable bonds is 6. The predicted molar refractivity (Wildman–Crippen MR) is 140 cm³/mol. The number of ketones is 1. The number of aromatic amines is 1. The summed E-state index contributed by atoms with van der Waals surface area (Å²) in [5.74, 6) is 0.115. The minimum absolute atomic E-state index is 0.0104. The first kappa shape index (κ1) is 23.2. The van der Waals surface area contributed by atoms with Gasteiger partial charge in [-0.1, -0.05) is 36.4 Å². The minimum Gasteiger partial charge on any atom is -0.497 e. The van der Waals surface area contributed by atoms with Crippen molar-refractivity contribution in [1.82, 2.24) is 14.8 Å². The first-order valence-corrected chi connectivity index (χ1v) is 12.4. The van der Waals surface area contributed by atoms with E-state index in [1.54, 1.807) is 31.4 Å². The monoisotopic (exact) mass is 493 g/mol. The zero-order chi connectivity index (χ0) is 25.7. The van der Waals surface area contributed by atoms with Gasteiger partial charge in [0.1, 0.15) is 5.75 Å². The molecule has 7 heteroatoms. The molecule has 3 aromatic carbocycles. The van der Waals surface area contributed by atoms with Gasteiger partial charge >= 0.3 is 0 Å². The van der Waals surface area contributed by atoms with E-state index in [0.717, 1.165) is 28.6 Å². The molecule has 0 fully saturated rings. The standard InChI is InChI=1S/C30H27N3O4/c1-18-28(24-15-20(37-2)11-12-25(24)31-18)27(34)17-32-14-13-19-7-3-4-8-21(19)26(32)16-33-29(35)22-9-5-6-10-23(22)30(33)36/h3-12,15,26,31H,13-14,16-17H2,1-2H3/t26-/m1/s1. The molecule has 186 valence electrons. The molecule has 37 heavy (non-hydrogen) atoms. The summed E-state index contributed by atoms with van der Waals surface area (Å²) in [5, 5.41) is 0.830. The number of H-pyrrole nitrogens is 1. The third-order valence-corrected chi connectivity index (χ3v) is 7.58. The number of carbonyl (C=O) groups excluding carboxylic acids is 3. The largest absolute Gasteiger partial charge is 0.497 e. The van der Waals surface area contributed by atoms with Crippen LogP contribution in [0.25, 0.3) is 10.9 Å². The zero-order valence-corrected chi connectivity index (χ0v) is 20.8. The molecular formula is C30H27N3O4. The Morgan fingerprint density at radius 2 is 1.70 bits per heavy atom. The van der Waals surface area contributed by atoms with Gasteiger partial charge < -0.3 is 9.72 Å². The van der Waals surface area contributed by atoms with Gasteiger partial charge in [-0.25, -0.2) is 0 Å². The molecule has 1 N–H and O–H groups in total. The number of nitrogens with one attached hydrogen (secondary N) is 1. The average molecular weight is 494 g/mol. The number of fused-ring (bicyclic) bond motifs is 3. The molecule has 0 saturated heterocycles. The van der Waals surface area contributed by atoms with E-state index in [9.17, 15) is 14.4 Å². The number of benzene rings is 3. The van der Waals surface area contributed by atoms with Crippen LogP contribution in [0, 0.1) is 6.92 Å². The number of amides is 2. The van der Waals surface area contributed by atoms with Crippen LogP contribution in [0.3, 0.4) is 0 Å². The van der Waals surface area contributed by atoms with Crippen molar-refractivity contribution in [3.63, 3.8) is 0 Å². The lowest BCUT2D eigenvalue weighted by molar-refractivity contribution is 0.0574. The van der Waals surface area contributed by atoms with Crippen molar-refractivity contribution in [2.45, 2.75) is 19.4 Å². The highest BCUT2D eigenvalue weighted by Gasteiger charge is 2.39. The van der Waals surface area contributed by atoms with E-state index in [2.05, 4.69) is 16.0 Å². The highest BCUT2D eigenvalue weighted by atomic mass is 16.5. The van der Waals surface area contributed by atoms with Crippen LogP contribution in [0.4, 0.5) is 0 Å². The minimum atomic E-state index is -0.283. The highest BCUT2D eigenvalue weighted by Crippen LogP contribution is 2.34. The summed E-state index contributed by atoms with van der Waals surface area (Å²) in [6.45, 7) is 2.92. The fraction of sp³-hybridized carbons (Fsp3) is 0.233. The Labute approximate surface area is 214 Å². The number of hydrogen-bond acceptors (Lipinski definition) is 5. The van der Waals surface area contributed by atoms with Gasteiger partial charge in [-0.3, -0.25) is 24.2 Å². The lowest BCUT2D eigenvalue weighted by Crippen LogP contribution is -2.45. The summed E-state index contributed by atoms with van der Waals surface area (Å²) >= 11 is 0. The topological polar surface area (TPSA) is 82.7 Å². The molecule has 0 bridgehead atoms. The third kappa shape index (κ3) is 3.83. The molecular weight excluding hydrogens is 466 g/mol. The van der Waals surface area contributed by atoms with E-state index < -0.39 is 0 Å². The fourth-order valence-corrected chi connectivity index (χ4v) is 5.74. The molecule has 2 aliphatic rings. The Kier molecular flexibility index (Phi) is 5.65. The zero-order valence-electron chi connectivity index (χ0n) is 20.8. The molecule has 0 unspecified atom stereocenters. The molecule has 2 aliphatic heterocycles. The third-order valence-electron chi connectivity index (χ3n) is 7.58. The van der Waals surface area contributed by atoms with E-state index in [1.807, 2.05) is 43.3 Å². The van der Waals surface area contributed by atoms with Crippen LogP contribution >= 0.6 is 0 Å². The Morgan fingerprint density at radius 3 is 2.43 bits per heavy atom. The summed E-state index contributed by atoms with van der Waals surface area (Å²) in [6, 6.07) is 20.4. The van der Waals surface area contributed by atoms with E-state index in [-0.39, 0.29) is 36.7 Å². The molecule has 0 aliphatic carbocycles. The van der Waals surface area contributed by atoms with Crippen LogP contribution < -0.4 is 4.74 Å². The first-order chi connectivity index (χ1) is 18.0. The molecule has 0 saturated carbocycles.